The van der Waals surface area contributed by atoms with Crippen LogP contribution in [0.2, 0.25) is 0 Å². The SMILES string of the molecule is CCC(CO)NC(=O)NC1CCCCC1. The molecule has 0 bridgehead atoms. The highest BCUT2D eigenvalue weighted by Crippen LogP contribution is 2.17. The van der Waals surface area contributed by atoms with Gasteiger partial charge in [0.2, 0.25) is 0 Å². The maximum atomic E-state index is 11.5. The van der Waals surface area contributed by atoms with E-state index in [1.54, 1.807) is 0 Å². The van der Waals surface area contributed by atoms with Crippen LogP contribution in [0.1, 0.15) is 45.4 Å². The van der Waals surface area contributed by atoms with E-state index in [4.69, 9.17) is 5.11 Å². The van der Waals surface area contributed by atoms with Gasteiger partial charge in [-0.25, -0.2) is 4.79 Å². The average molecular weight is 214 g/mol. The molecule has 4 heteroatoms. The number of amides is 2. The standard InChI is InChI=1S/C11H22N2O2/c1-2-9(8-14)12-11(15)13-10-6-4-3-5-7-10/h9-10,14H,2-8H2,1H3,(H2,12,13,15). The van der Waals surface area contributed by atoms with Gasteiger partial charge in [-0.2, -0.15) is 0 Å². The topological polar surface area (TPSA) is 61.4 Å². The maximum absolute atomic E-state index is 11.5. The summed E-state index contributed by atoms with van der Waals surface area (Å²) in [5.74, 6) is 0. The minimum absolute atomic E-state index is 0.00852. The van der Waals surface area contributed by atoms with Gasteiger partial charge in [0.1, 0.15) is 0 Å². The molecule has 1 rings (SSSR count). The number of rotatable bonds is 4. The Morgan fingerprint density at radius 3 is 2.60 bits per heavy atom. The van der Waals surface area contributed by atoms with E-state index in [0.29, 0.717) is 6.04 Å². The lowest BCUT2D eigenvalue weighted by Crippen LogP contribution is -2.47. The van der Waals surface area contributed by atoms with Gasteiger partial charge < -0.3 is 15.7 Å². The van der Waals surface area contributed by atoms with Gasteiger partial charge in [-0.15, -0.1) is 0 Å². The Hall–Kier alpha value is -0.770. The van der Waals surface area contributed by atoms with Crippen LogP contribution in [0.25, 0.3) is 0 Å². The molecule has 0 aliphatic heterocycles. The lowest BCUT2D eigenvalue weighted by atomic mass is 9.96. The summed E-state index contributed by atoms with van der Waals surface area (Å²) in [7, 11) is 0. The van der Waals surface area contributed by atoms with Gasteiger partial charge >= 0.3 is 6.03 Å². The van der Waals surface area contributed by atoms with E-state index in [1.165, 1.54) is 19.3 Å². The molecule has 3 N–H and O–H groups in total. The van der Waals surface area contributed by atoms with E-state index < -0.39 is 0 Å². The molecule has 88 valence electrons. The first-order valence-electron chi connectivity index (χ1n) is 5.94. The second kappa shape index (κ2) is 6.67. The number of urea groups is 1. The first-order valence-corrected chi connectivity index (χ1v) is 5.94. The molecule has 1 atom stereocenters. The molecule has 0 aromatic heterocycles. The van der Waals surface area contributed by atoms with Crippen molar-refractivity contribution in [2.45, 2.75) is 57.5 Å². The molecule has 2 amide bonds. The van der Waals surface area contributed by atoms with E-state index in [1.807, 2.05) is 6.92 Å². The fourth-order valence-electron chi connectivity index (χ4n) is 1.94. The third-order valence-corrected chi connectivity index (χ3v) is 2.99. The molecule has 1 unspecified atom stereocenters. The van der Waals surface area contributed by atoms with Crippen LogP contribution >= 0.6 is 0 Å². The quantitative estimate of drug-likeness (QED) is 0.662. The Kier molecular flexibility index (Phi) is 5.47. The molecule has 0 aromatic carbocycles. The molecular weight excluding hydrogens is 192 g/mol. The first-order chi connectivity index (χ1) is 7.26. The predicted molar refractivity (Wildman–Crippen MR) is 59.7 cm³/mol. The fraction of sp³-hybridized carbons (Fsp3) is 0.909. The van der Waals surface area contributed by atoms with Crippen molar-refractivity contribution in [3.63, 3.8) is 0 Å². The van der Waals surface area contributed by atoms with Gasteiger partial charge in [0, 0.05) is 6.04 Å². The monoisotopic (exact) mass is 214 g/mol. The Morgan fingerprint density at radius 2 is 2.07 bits per heavy atom. The number of hydrogen-bond donors (Lipinski definition) is 3. The highest BCUT2D eigenvalue weighted by molar-refractivity contribution is 5.74. The van der Waals surface area contributed by atoms with Crippen LogP contribution in [0.15, 0.2) is 0 Å². The van der Waals surface area contributed by atoms with E-state index in [-0.39, 0.29) is 18.7 Å². The molecule has 0 heterocycles. The zero-order valence-corrected chi connectivity index (χ0v) is 9.46. The fourth-order valence-corrected chi connectivity index (χ4v) is 1.94. The minimum Gasteiger partial charge on any atom is -0.394 e. The number of carbonyl (C=O) groups excluding carboxylic acids is 1. The first kappa shape index (κ1) is 12.3. The Labute approximate surface area is 91.4 Å². The Bertz CT molecular complexity index is 187. The smallest absolute Gasteiger partial charge is 0.315 e. The van der Waals surface area contributed by atoms with Crippen LogP contribution in [0.5, 0.6) is 0 Å². The van der Waals surface area contributed by atoms with E-state index >= 15 is 0 Å². The molecule has 1 fully saturated rings. The van der Waals surface area contributed by atoms with Crippen molar-refractivity contribution in [1.82, 2.24) is 10.6 Å². The number of aliphatic hydroxyl groups excluding tert-OH is 1. The Morgan fingerprint density at radius 1 is 1.40 bits per heavy atom. The van der Waals surface area contributed by atoms with Crippen LogP contribution in [-0.2, 0) is 0 Å². The summed E-state index contributed by atoms with van der Waals surface area (Å²) in [6, 6.07) is 0.0753. The van der Waals surface area contributed by atoms with Crippen molar-refractivity contribution in [2.24, 2.45) is 0 Å². The van der Waals surface area contributed by atoms with Crippen molar-refractivity contribution >= 4 is 6.03 Å². The summed E-state index contributed by atoms with van der Waals surface area (Å²) in [6.07, 6.45) is 6.64. The summed E-state index contributed by atoms with van der Waals surface area (Å²) in [6.45, 7) is 1.95. The molecule has 1 aliphatic rings. The molecule has 1 saturated carbocycles. The summed E-state index contributed by atoms with van der Waals surface area (Å²) in [4.78, 5) is 11.5. The zero-order valence-electron chi connectivity index (χ0n) is 9.46. The number of carbonyl (C=O) groups is 1. The van der Waals surface area contributed by atoms with Crippen LogP contribution < -0.4 is 10.6 Å². The number of hydrogen-bond acceptors (Lipinski definition) is 2. The van der Waals surface area contributed by atoms with Crippen molar-refractivity contribution < 1.29 is 9.90 Å². The molecule has 4 nitrogen and oxygen atoms in total. The number of aliphatic hydroxyl groups is 1. The summed E-state index contributed by atoms with van der Waals surface area (Å²) < 4.78 is 0. The molecule has 0 aromatic rings. The lowest BCUT2D eigenvalue weighted by molar-refractivity contribution is 0.209. The van der Waals surface area contributed by atoms with Crippen molar-refractivity contribution in [2.75, 3.05) is 6.61 Å². The van der Waals surface area contributed by atoms with Crippen molar-refractivity contribution in [1.29, 1.82) is 0 Å². The highest BCUT2D eigenvalue weighted by atomic mass is 16.3. The normalized spacial score (nSPS) is 19.6. The van der Waals surface area contributed by atoms with Gasteiger partial charge in [0.15, 0.2) is 0 Å². The largest absolute Gasteiger partial charge is 0.394 e. The highest BCUT2D eigenvalue weighted by Gasteiger charge is 2.16. The lowest BCUT2D eigenvalue weighted by Gasteiger charge is -2.24. The van der Waals surface area contributed by atoms with Crippen LogP contribution in [-0.4, -0.2) is 29.8 Å². The van der Waals surface area contributed by atoms with Crippen molar-refractivity contribution in [3.05, 3.63) is 0 Å². The van der Waals surface area contributed by atoms with Gasteiger partial charge in [-0.3, -0.25) is 0 Å². The minimum atomic E-state index is -0.136. The Balaban J connectivity index is 2.21. The molecule has 0 radical (unpaired) electrons. The molecule has 0 spiro atoms. The second-order valence-electron chi connectivity index (χ2n) is 4.24. The third kappa shape index (κ3) is 4.51. The van der Waals surface area contributed by atoms with Crippen LogP contribution in [0, 0.1) is 0 Å². The van der Waals surface area contributed by atoms with Crippen LogP contribution in [0.3, 0.4) is 0 Å². The molecule has 15 heavy (non-hydrogen) atoms. The van der Waals surface area contributed by atoms with E-state index in [2.05, 4.69) is 10.6 Å². The predicted octanol–water partition coefficient (Wildman–Crippen LogP) is 1.39. The van der Waals surface area contributed by atoms with E-state index in [9.17, 15) is 4.79 Å². The summed E-state index contributed by atoms with van der Waals surface area (Å²) in [5, 5.41) is 14.7. The summed E-state index contributed by atoms with van der Waals surface area (Å²) >= 11 is 0. The van der Waals surface area contributed by atoms with E-state index in [0.717, 1.165) is 19.3 Å². The summed E-state index contributed by atoms with van der Waals surface area (Å²) in [5.41, 5.74) is 0. The molecule has 1 aliphatic carbocycles. The molecule has 0 saturated heterocycles. The third-order valence-electron chi connectivity index (χ3n) is 2.99. The van der Waals surface area contributed by atoms with Gasteiger partial charge in [-0.1, -0.05) is 26.2 Å². The van der Waals surface area contributed by atoms with Crippen LogP contribution in [0.4, 0.5) is 4.79 Å². The maximum Gasteiger partial charge on any atom is 0.315 e. The van der Waals surface area contributed by atoms with Gasteiger partial charge in [-0.05, 0) is 19.3 Å². The second-order valence-corrected chi connectivity index (χ2v) is 4.24. The molecular formula is C11H22N2O2. The van der Waals surface area contributed by atoms with Gasteiger partial charge in [0.05, 0.1) is 12.6 Å². The number of nitrogens with one attached hydrogen (secondary N) is 2. The van der Waals surface area contributed by atoms with Crippen molar-refractivity contribution in [3.8, 4) is 0 Å². The van der Waals surface area contributed by atoms with Gasteiger partial charge in [0.25, 0.3) is 0 Å². The average Bonchev–Trinajstić information content (AvgIpc) is 2.27. The zero-order chi connectivity index (χ0) is 11.1.